The number of nitrogens with zero attached hydrogens (tertiary/aromatic N) is 2. The normalized spacial score (nSPS) is 12.6. The van der Waals surface area contributed by atoms with Crippen molar-refractivity contribution in [3.63, 3.8) is 0 Å². The maximum Gasteiger partial charge on any atom is 0.363 e. The van der Waals surface area contributed by atoms with E-state index in [2.05, 4.69) is 9.97 Å². The van der Waals surface area contributed by atoms with E-state index in [0.717, 1.165) is 6.07 Å². The summed E-state index contributed by atoms with van der Waals surface area (Å²) in [4.78, 5) is 46.2. The topological polar surface area (TPSA) is 122 Å². The van der Waals surface area contributed by atoms with Crippen LogP contribution in [-0.2, 0) is 25.5 Å². The Morgan fingerprint density at radius 2 is 1.73 bits per heavy atom. The maximum atomic E-state index is 14.0. The highest BCUT2D eigenvalue weighted by molar-refractivity contribution is 6.33. The van der Waals surface area contributed by atoms with Gasteiger partial charge in [-0.3, -0.25) is 14.5 Å². The zero-order chi connectivity index (χ0) is 28.8. The quantitative estimate of drug-likeness (QED) is 0.0979. The van der Waals surface area contributed by atoms with E-state index >= 15 is 0 Å². The SMILES string of the molecule is CC(=O)OC(C(=O)OCCc1cccc(C(O)=C(C(=O)c2cccc(F)c2)c2nc3ccccc3[nH]2)c1)N(C)C. The monoisotopic (exact) mass is 545 g/mol. The van der Waals surface area contributed by atoms with Crippen LogP contribution in [0.1, 0.15) is 34.2 Å². The maximum absolute atomic E-state index is 14.0. The second-order valence-electron chi connectivity index (χ2n) is 9.21. The number of para-hydroxylation sites is 2. The van der Waals surface area contributed by atoms with Crippen molar-refractivity contribution in [1.29, 1.82) is 0 Å². The second-order valence-corrected chi connectivity index (χ2v) is 9.21. The number of aromatic amines is 1. The van der Waals surface area contributed by atoms with Gasteiger partial charge in [0.1, 0.15) is 23.0 Å². The Hall–Kier alpha value is -4.83. The first-order valence-corrected chi connectivity index (χ1v) is 12.4. The number of rotatable bonds is 10. The number of ketones is 1. The summed E-state index contributed by atoms with van der Waals surface area (Å²) in [5.41, 5.74) is 2.20. The molecule has 10 heteroatoms. The molecule has 3 aromatic carbocycles. The molecule has 40 heavy (non-hydrogen) atoms. The minimum absolute atomic E-state index is 0.0168. The van der Waals surface area contributed by atoms with Crippen LogP contribution >= 0.6 is 0 Å². The Bertz CT molecular complexity index is 1560. The minimum Gasteiger partial charge on any atom is -0.506 e. The zero-order valence-electron chi connectivity index (χ0n) is 22.2. The lowest BCUT2D eigenvalue weighted by Gasteiger charge is -2.21. The summed E-state index contributed by atoms with van der Waals surface area (Å²) in [6.45, 7) is 1.19. The molecule has 1 aromatic heterocycles. The number of likely N-dealkylation sites (N-methyl/N-ethyl adjacent to an activating group) is 1. The lowest BCUT2D eigenvalue weighted by Crippen LogP contribution is -2.40. The van der Waals surface area contributed by atoms with E-state index in [1.807, 2.05) is 6.07 Å². The molecule has 0 aliphatic heterocycles. The van der Waals surface area contributed by atoms with Crippen LogP contribution in [0.2, 0.25) is 0 Å². The number of ether oxygens (including phenoxy) is 2. The number of halogens is 1. The standard InChI is InChI=1S/C30H28FN3O6/c1-18(35)40-29(34(2)3)30(38)39-15-14-19-8-6-9-20(16-19)26(36)25(27(37)21-10-7-11-22(31)17-21)28-32-23-12-4-5-13-24(23)33-28/h4-13,16-17,29,36H,14-15H2,1-3H3,(H,32,33). The predicted octanol–water partition coefficient (Wildman–Crippen LogP) is 4.55. The largest absolute Gasteiger partial charge is 0.506 e. The smallest absolute Gasteiger partial charge is 0.363 e. The molecule has 2 N–H and O–H groups in total. The van der Waals surface area contributed by atoms with E-state index in [1.54, 1.807) is 56.6 Å². The van der Waals surface area contributed by atoms with E-state index in [9.17, 15) is 23.9 Å². The van der Waals surface area contributed by atoms with Gasteiger partial charge in [0.25, 0.3) is 6.23 Å². The van der Waals surface area contributed by atoms with Crippen molar-refractivity contribution >= 4 is 40.1 Å². The summed E-state index contributed by atoms with van der Waals surface area (Å²) < 4.78 is 24.2. The summed E-state index contributed by atoms with van der Waals surface area (Å²) in [5, 5.41) is 11.4. The van der Waals surface area contributed by atoms with Crippen molar-refractivity contribution in [3.8, 4) is 0 Å². The fourth-order valence-electron chi connectivity index (χ4n) is 4.05. The van der Waals surface area contributed by atoms with Gasteiger partial charge in [0.05, 0.1) is 17.6 Å². The molecule has 0 spiro atoms. The molecule has 206 valence electrons. The van der Waals surface area contributed by atoms with Crippen molar-refractivity contribution < 1.29 is 33.4 Å². The number of fused-ring (bicyclic) bond motifs is 1. The molecule has 0 radical (unpaired) electrons. The van der Waals surface area contributed by atoms with Crippen LogP contribution < -0.4 is 0 Å². The van der Waals surface area contributed by atoms with Crippen LogP contribution in [0, 0.1) is 5.82 Å². The first-order valence-electron chi connectivity index (χ1n) is 12.4. The fourth-order valence-corrected chi connectivity index (χ4v) is 4.05. The number of H-pyrrole nitrogens is 1. The average molecular weight is 546 g/mol. The minimum atomic E-state index is -1.17. The van der Waals surface area contributed by atoms with Gasteiger partial charge in [-0.05, 0) is 50.0 Å². The highest BCUT2D eigenvalue weighted by atomic mass is 19.1. The third-order valence-electron chi connectivity index (χ3n) is 5.96. The molecular formula is C30H28FN3O6. The molecule has 1 atom stereocenters. The predicted molar refractivity (Wildman–Crippen MR) is 147 cm³/mol. The molecule has 1 unspecified atom stereocenters. The number of benzene rings is 3. The van der Waals surface area contributed by atoms with Gasteiger partial charge in [-0.1, -0.05) is 42.5 Å². The lowest BCUT2D eigenvalue weighted by atomic mass is 9.97. The number of esters is 2. The van der Waals surface area contributed by atoms with Gasteiger partial charge in [-0.2, -0.15) is 0 Å². The van der Waals surface area contributed by atoms with Gasteiger partial charge in [-0.25, -0.2) is 14.2 Å². The number of imidazole rings is 1. The number of Topliss-reactive ketones (excluding diaryl/α,β-unsaturated/α-hetero) is 1. The molecule has 0 amide bonds. The number of carbonyl (C=O) groups excluding carboxylic acids is 3. The van der Waals surface area contributed by atoms with E-state index in [4.69, 9.17) is 9.47 Å². The van der Waals surface area contributed by atoms with Crippen molar-refractivity contribution in [3.05, 3.63) is 101 Å². The van der Waals surface area contributed by atoms with E-state index in [1.165, 1.54) is 30.0 Å². The number of nitrogens with one attached hydrogen (secondary N) is 1. The van der Waals surface area contributed by atoms with Crippen molar-refractivity contribution in [2.75, 3.05) is 20.7 Å². The highest BCUT2D eigenvalue weighted by Gasteiger charge is 2.26. The number of allylic oxidation sites excluding steroid dienone is 1. The summed E-state index contributed by atoms with van der Waals surface area (Å²) in [6, 6.07) is 19.1. The molecule has 0 aliphatic carbocycles. The van der Waals surface area contributed by atoms with Crippen LogP contribution in [-0.4, -0.2) is 64.6 Å². The van der Waals surface area contributed by atoms with Gasteiger partial charge in [-0.15, -0.1) is 0 Å². The Morgan fingerprint density at radius 1 is 1.00 bits per heavy atom. The van der Waals surface area contributed by atoms with Crippen molar-refractivity contribution in [2.45, 2.75) is 19.6 Å². The molecule has 0 saturated carbocycles. The van der Waals surface area contributed by atoms with Crippen LogP contribution in [0.4, 0.5) is 4.39 Å². The third-order valence-corrected chi connectivity index (χ3v) is 5.96. The number of hydrogen-bond donors (Lipinski definition) is 2. The number of aliphatic hydroxyl groups is 1. The molecule has 0 fully saturated rings. The van der Waals surface area contributed by atoms with Gasteiger partial charge < -0.3 is 19.6 Å². The van der Waals surface area contributed by atoms with E-state index in [-0.39, 0.29) is 35.7 Å². The Kier molecular flexibility index (Phi) is 8.70. The molecule has 1 heterocycles. The molecular weight excluding hydrogens is 517 g/mol. The first-order chi connectivity index (χ1) is 19.1. The zero-order valence-corrected chi connectivity index (χ0v) is 22.2. The molecule has 0 aliphatic rings. The van der Waals surface area contributed by atoms with Crippen molar-refractivity contribution in [1.82, 2.24) is 14.9 Å². The van der Waals surface area contributed by atoms with E-state index < -0.39 is 29.8 Å². The van der Waals surface area contributed by atoms with Gasteiger partial charge in [0, 0.05) is 24.5 Å². The van der Waals surface area contributed by atoms with Gasteiger partial charge in [0.15, 0.2) is 0 Å². The number of carbonyl (C=O) groups is 3. The fraction of sp³-hybridized carbons (Fsp3) is 0.200. The summed E-state index contributed by atoms with van der Waals surface area (Å²) in [7, 11) is 3.16. The molecule has 0 saturated heterocycles. The Labute approximate surface area is 229 Å². The molecule has 4 aromatic rings. The third kappa shape index (κ3) is 6.59. The van der Waals surface area contributed by atoms with Crippen molar-refractivity contribution in [2.24, 2.45) is 0 Å². The molecule has 4 rings (SSSR count). The summed E-state index contributed by atoms with van der Waals surface area (Å²) in [5.74, 6) is -2.75. The van der Waals surface area contributed by atoms with Crippen LogP contribution in [0.5, 0.6) is 0 Å². The van der Waals surface area contributed by atoms with Gasteiger partial charge in [0.2, 0.25) is 5.78 Å². The number of aliphatic hydroxyl groups excluding tert-OH is 1. The molecule has 9 nitrogen and oxygen atoms in total. The van der Waals surface area contributed by atoms with E-state index in [0.29, 0.717) is 22.2 Å². The average Bonchev–Trinajstić information content (AvgIpc) is 3.35. The second kappa shape index (κ2) is 12.4. The van der Waals surface area contributed by atoms with Crippen LogP contribution in [0.3, 0.4) is 0 Å². The summed E-state index contributed by atoms with van der Waals surface area (Å²) >= 11 is 0. The summed E-state index contributed by atoms with van der Waals surface area (Å²) in [6.07, 6.45) is -0.888. The number of hydrogen-bond acceptors (Lipinski definition) is 8. The Morgan fingerprint density at radius 3 is 2.42 bits per heavy atom. The van der Waals surface area contributed by atoms with Crippen LogP contribution in [0.25, 0.3) is 22.4 Å². The Balaban J connectivity index is 1.63. The number of aromatic nitrogens is 2. The highest BCUT2D eigenvalue weighted by Crippen LogP contribution is 2.29. The van der Waals surface area contributed by atoms with Gasteiger partial charge >= 0.3 is 11.9 Å². The lowest BCUT2D eigenvalue weighted by molar-refractivity contribution is -0.177. The molecule has 0 bridgehead atoms. The first kappa shape index (κ1) is 28.2. The van der Waals surface area contributed by atoms with Crippen LogP contribution in [0.15, 0.2) is 72.8 Å².